The first-order chi connectivity index (χ1) is 14.7. The van der Waals surface area contributed by atoms with Gasteiger partial charge >= 0.3 is 0 Å². The Kier molecular flexibility index (Phi) is 4.72. The minimum atomic E-state index is -0.454. The molecule has 1 N–H and O–H groups in total. The van der Waals surface area contributed by atoms with Crippen LogP contribution in [0.2, 0.25) is 10.0 Å². The predicted molar refractivity (Wildman–Crippen MR) is 123 cm³/mol. The van der Waals surface area contributed by atoms with Crippen molar-refractivity contribution in [3.63, 3.8) is 0 Å². The molecule has 158 valence electrons. The van der Waals surface area contributed by atoms with Crippen LogP contribution in [0.3, 0.4) is 0 Å². The number of aromatic nitrogens is 3. The summed E-state index contributed by atoms with van der Waals surface area (Å²) in [6.45, 7) is 6.25. The van der Waals surface area contributed by atoms with Crippen LogP contribution in [0.25, 0.3) is 11.4 Å². The van der Waals surface area contributed by atoms with Crippen LogP contribution in [0.4, 0.5) is 5.95 Å². The van der Waals surface area contributed by atoms with E-state index in [2.05, 4.69) is 19.2 Å². The maximum Gasteiger partial charge on any atom is 0.226 e. The molecule has 1 aliphatic heterocycles. The maximum atomic E-state index is 13.3. The van der Waals surface area contributed by atoms with Crippen LogP contribution in [0.1, 0.15) is 43.9 Å². The molecule has 0 fully saturated rings. The number of ketones is 1. The lowest BCUT2D eigenvalue weighted by Crippen LogP contribution is -2.36. The number of fused-ring (bicyclic) bond motifs is 1. The average Bonchev–Trinajstić information content (AvgIpc) is 3.09. The number of Topliss-reactive ketones (excluding diaryl/α,β-unsaturated/α-hetero) is 1. The van der Waals surface area contributed by atoms with Gasteiger partial charge in [0.15, 0.2) is 11.6 Å². The van der Waals surface area contributed by atoms with Crippen molar-refractivity contribution in [3.05, 3.63) is 74.9 Å². The molecule has 0 saturated heterocycles. The number of carbonyl (C=O) groups excluding carboxylic acids is 1. The van der Waals surface area contributed by atoms with Crippen molar-refractivity contribution in [1.29, 1.82) is 0 Å². The Hall–Kier alpha value is -2.63. The number of nitrogens with zero attached hydrogens (tertiary/aromatic N) is 3. The van der Waals surface area contributed by atoms with Gasteiger partial charge in [-0.25, -0.2) is 4.68 Å². The number of allylic oxidation sites excluding steroid dienone is 2. The summed E-state index contributed by atoms with van der Waals surface area (Å²) in [7, 11) is 0. The molecule has 1 aliphatic carbocycles. The Morgan fingerprint density at radius 3 is 2.65 bits per heavy atom. The Labute approximate surface area is 191 Å². The fourth-order valence-electron chi connectivity index (χ4n) is 4.56. The van der Waals surface area contributed by atoms with E-state index in [0.717, 1.165) is 28.8 Å². The molecule has 2 heterocycles. The van der Waals surface area contributed by atoms with Crippen LogP contribution >= 0.6 is 23.2 Å². The van der Waals surface area contributed by atoms with E-state index in [0.29, 0.717) is 33.8 Å². The minimum Gasteiger partial charge on any atom is -0.328 e. The van der Waals surface area contributed by atoms with Crippen molar-refractivity contribution in [2.75, 3.05) is 5.32 Å². The topological polar surface area (TPSA) is 59.8 Å². The van der Waals surface area contributed by atoms with Gasteiger partial charge in [-0.05, 0) is 36.5 Å². The second-order valence-corrected chi connectivity index (χ2v) is 9.89. The molecule has 5 nitrogen and oxygen atoms in total. The van der Waals surface area contributed by atoms with E-state index < -0.39 is 6.04 Å². The van der Waals surface area contributed by atoms with Gasteiger partial charge in [-0.2, -0.15) is 4.98 Å². The summed E-state index contributed by atoms with van der Waals surface area (Å²) in [5, 5.41) is 9.29. The van der Waals surface area contributed by atoms with Gasteiger partial charge in [-0.3, -0.25) is 4.79 Å². The third-order valence-electron chi connectivity index (χ3n) is 5.97. The van der Waals surface area contributed by atoms with Crippen molar-refractivity contribution in [3.8, 4) is 11.4 Å². The number of aryl methyl sites for hydroxylation is 1. The monoisotopic (exact) mass is 452 g/mol. The highest BCUT2D eigenvalue weighted by Gasteiger charge is 2.42. The highest BCUT2D eigenvalue weighted by atomic mass is 35.5. The van der Waals surface area contributed by atoms with Crippen LogP contribution in [0.5, 0.6) is 0 Å². The van der Waals surface area contributed by atoms with Gasteiger partial charge in [0.25, 0.3) is 0 Å². The predicted octanol–water partition coefficient (Wildman–Crippen LogP) is 6.22. The molecule has 1 unspecified atom stereocenters. The first-order valence-corrected chi connectivity index (χ1v) is 11.0. The van der Waals surface area contributed by atoms with Gasteiger partial charge in [-0.15, -0.1) is 5.10 Å². The van der Waals surface area contributed by atoms with E-state index >= 15 is 0 Å². The largest absolute Gasteiger partial charge is 0.328 e. The van der Waals surface area contributed by atoms with E-state index in [1.807, 2.05) is 37.3 Å². The second kappa shape index (κ2) is 7.21. The number of nitrogens with one attached hydrogen (secondary N) is 1. The molecular formula is C24H22Cl2N4O. The molecule has 2 aliphatic rings. The number of hydrogen-bond acceptors (Lipinski definition) is 4. The fourth-order valence-corrected chi connectivity index (χ4v) is 5.07. The quantitative estimate of drug-likeness (QED) is 0.501. The SMILES string of the molecule is Cc1ccccc1-c1nc2n(n1)C(c1ccc(Cl)cc1Cl)C1=C(CC(C)(C)CC1=O)N2. The normalized spacial score (nSPS) is 19.6. The Bertz CT molecular complexity index is 1260. The molecule has 0 saturated carbocycles. The Morgan fingerprint density at radius 1 is 1.13 bits per heavy atom. The van der Waals surface area contributed by atoms with Crippen LogP contribution in [-0.4, -0.2) is 20.5 Å². The Balaban J connectivity index is 1.72. The molecule has 5 rings (SSSR count). The van der Waals surface area contributed by atoms with Gasteiger partial charge in [0.05, 0.1) is 0 Å². The number of rotatable bonds is 2. The number of anilines is 1. The molecule has 0 spiro atoms. The minimum absolute atomic E-state index is 0.105. The zero-order valence-electron chi connectivity index (χ0n) is 17.5. The lowest BCUT2D eigenvalue weighted by Gasteiger charge is -2.38. The average molecular weight is 453 g/mol. The number of hydrogen-bond donors (Lipinski definition) is 1. The van der Waals surface area contributed by atoms with Crippen molar-refractivity contribution in [2.45, 2.75) is 39.7 Å². The van der Waals surface area contributed by atoms with Gasteiger partial charge in [-0.1, -0.05) is 67.4 Å². The number of carbonyl (C=O) groups is 1. The summed E-state index contributed by atoms with van der Waals surface area (Å²) in [6, 6.07) is 12.9. The Morgan fingerprint density at radius 2 is 1.90 bits per heavy atom. The highest BCUT2D eigenvalue weighted by molar-refractivity contribution is 6.35. The van der Waals surface area contributed by atoms with Gasteiger partial charge in [0, 0.05) is 38.9 Å². The standard InChI is InChI=1S/C24H22Cl2N4O/c1-13-6-4-5-7-15(13)22-28-23-27-18-11-24(2,3)12-19(31)20(18)21(30(23)29-22)16-9-8-14(25)10-17(16)26/h4-10,21H,11-12H2,1-3H3,(H,27,28,29). The highest BCUT2D eigenvalue weighted by Crippen LogP contribution is 2.47. The summed E-state index contributed by atoms with van der Waals surface area (Å²) in [6.07, 6.45) is 1.23. The zero-order chi connectivity index (χ0) is 21.9. The molecule has 1 atom stereocenters. The molecule has 2 aromatic carbocycles. The van der Waals surface area contributed by atoms with E-state index in [-0.39, 0.29) is 11.2 Å². The van der Waals surface area contributed by atoms with Crippen LogP contribution < -0.4 is 5.32 Å². The lowest BCUT2D eigenvalue weighted by molar-refractivity contribution is -0.118. The molecule has 3 aromatic rings. The smallest absolute Gasteiger partial charge is 0.226 e. The summed E-state index contributed by atoms with van der Waals surface area (Å²) < 4.78 is 1.78. The van der Waals surface area contributed by atoms with Crippen molar-refractivity contribution < 1.29 is 4.79 Å². The van der Waals surface area contributed by atoms with Gasteiger partial charge < -0.3 is 5.32 Å². The molecule has 0 radical (unpaired) electrons. The first kappa shape index (κ1) is 20.3. The summed E-state index contributed by atoms with van der Waals surface area (Å²) >= 11 is 12.8. The van der Waals surface area contributed by atoms with E-state index in [1.54, 1.807) is 16.8 Å². The third-order valence-corrected chi connectivity index (χ3v) is 6.54. The van der Waals surface area contributed by atoms with Crippen molar-refractivity contribution in [2.24, 2.45) is 5.41 Å². The maximum absolute atomic E-state index is 13.3. The summed E-state index contributed by atoms with van der Waals surface area (Å²) in [5.41, 5.74) is 4.30. The van der Waals surface area contributed by atoms with Crippen LogP contribution in [0, 0.1) is 12.3 Å². The van der Waals surface area contributed by atoms with Gasteiger partial charge in [0.1, 0.15) is 6.04 Å². The number of benzene rings is 2. The molecule has 1 aromatic heterocycles. The molecule has 0 amide bonds. The fraction of sp³-hybridized carbons (Fsp3) is 0.292. The van der Waals surface area contributed by atoms with Crippen LogP contribution in [0.15, 0.2) is 53.7 Å². The lowest BCUT2D eigenvalue weighted by atomic mass is 9.73. The van der Waals surface area contributed by atoms with Crippen LogP contribution in [-0.2, 0) is 4.79 Å². The molecule has 0 bridgehead atoms. The molecule has 31 heavy (non-hydrogen) atoms. The first-order valence-electron chi connectivity index (χ1n) is 10.2. The number of halogens is 2. The van der Waals surface area contributed by atoms with Crippen molar-refractivity contribution in [1.82, 2.24) is 14.8 Å². The van der Waals surface area contributed by atoms with E-state index in [4.69, 9.17) is 33.3 Å². The zero-order valence-corrected chi connectivity index (χ0v) is 19.1. The second-order valence-electron chi connectivity index (χ2n) is 9.05. The van der Waals surface area contributed by atoms with E-state index in [9.17, 15) is 4.79 Å². The van der Waals surface area contributed by atoms with Gasteiger partial charge in [0.2, 0.25) is 5.95 Å². The van der Waals surface area contributed by atoms with Crippen molar-refractivity contribution >= 4 is 34.9 Å². The molecular weight excluding hydrogens is 431 g/mol. The summed E-state index contributed by atoms with van der Waals surface area (Å²) in [4.78, 5) is 18.1. The van der Waals surface area contributed by atoms with E-state index in [1.165, 1.54) is 0 Å². The summed E-state index contributed by atoms with van der Waals surface area (Å²) in [5.74, 6) is 1.33. The molecule has 7 heteroatoms. The third kappa shape index (κ3) is 3.46.